The van der Waals surface area contributed by atoms with Crippen molar-refractivity contribution in [3.8, 4) is 6.07 Å². The highest BCUT2D eigenvalue weighted by Crippen LogP contribution is 2.43. The van der Waals surface area contributed by atoms with E-state index < -0.39 is 33.5 Å². The lowest BCUT2D eigenvalue weighted by Gasteiger charge is -2.30. The van der Waals surface area contributed by atoms with Crippen LogP contribution in [0.15, 0.2) is 83.4 Å². The molecule has 0 spiro atoms. The number of nitrogens with zero attached hydrogens (tertiary/aromatic N) is 2. The van der Waals surface area contributed by atoms with E-state index in [1.165, 1.54) is 18.3 Å². The topological polar surface area (TPSA) is 95.3 Å². The smallest absolute Gasteiger partial charge is 0.264 e. The number of nitriles is 1. The van der Waals surface area contributed by atoms with Gasteiger partial charge in [0.25, 0.3) is 10.0 Å². The number of rotatable bonds is 3. The molecule has 2 aliphatic rings. The predicted octanol–water partition coefficient (Wildman–Crippen LogP) is 2.32. The molecule has 6 nitrogen and oxygen atoms in total. The third-order valence-electron chi connectivity index (χ3n) is 4.88. The van der Waals surface area contributed by atoms with Crippen molar-refractivity contribution in [2.24, 2.45) is 5.92 Å². The Hall–Kier alpha value is -3.50. The number of allylic oxidation sites excluding steroid dienone is 1. The molecule has 2 aromatic rings. The molecule has 1 heterocycles. The molecule has 4 rings (SSSR count). The van der Waals surface area contributed by atoms with Gasteiger partial charge in [-0.2, -0.15) is 5.26 Å². The highest BCUT2D eigenvalue weighted by atomic mass is 32.2. The molecule has 0 saturated heterocycles. The highest BCUT2D eigenvalue weighted by Gasteiger charge is 2.51. The lowest BCUT2D eigenvalue weighted by Crippen LogP contribution is -2.45. The second kappa shape index (κ2) is 6.59. The zero-order valence-corrected chi connectivity index (χ0v) is 15.3. The van der Waals surface area contributed by atoms with Gasteiger partial charge in [0.2, 0.25) is 11.6 Å². The standard InChI is InChI=1S/C21H14N2O4S/c22-12-15-11-18(24)21(25)19-17(14-7-3-1-4-8-14)13-23(20(15)19)28(26,27)16-9-5-2-6-10-16/h1-11,13,19-20H. The molecule has 7 heteroatoms. The molecule has 2 unspecified atom stereocenters. The SMILES string of the molecule is N#CC1=CC(=O)C(=O)C2C(c3ccccc3)=CN(S(=O)(=O)c3ccccc3)C12. The first-order valence-electron chi connectivity index (χ1n) is 8.51. The Balaban J connectivity index is 1.94. The molecule has 0 saturated carbocycles. The van der Waals surface area contributed by atoms with E-state index in [-0.39, 0.29) is 10.5 Å². The number of ketones is 2. The summed E-state index contributed by atoms with van der Waals surface area (Å²) >= 11 is 0. The summed E-state index contributed by atoms with van der Waals surface area (Å²) in [6.45, 7) is 0. The van der Waals surface area contributed by atoms with E-state index >= 15 is 0 Å². The fourth-order valence-corrected chi connectivity index (χ4v) is 5.11. The Morgan fingerprint density at radius 2 is 1.54 bits per heavy atom. The third kappa shape index (κ3) is 2.66. The van der Waals surface area contributed by atoms with Crippen LogP contribution in [0, 0.1) is 17.2 Å². The summed E-state index contributed by atoms with van der Waals surface area (Å²) in [5.41, 5.74) is 0.990. The average molecular weight is 390 g/mol. The number of carbonyl (C=O) groups is 2. The van der Waals surface area contributed by atoms with Gasteiger partial charge in [-0.1, -0.05) is 48.5 Å². The molecule has 1 aliphatic carbocycles. The zero-order valence-electron chi connectivity index (χ0n) is 14.5. The van der Waals surface area contributed by atoms with Crippen LogP contribution in [-0.2, 0) is 19.6 Å². The van der Waals surface area contributed by atoms with Gasteiger partial charge in [-0.25, -0.2) is 8.42 Å². The number of fused-ring (bicyclic) bond motifs is 1. The van der Waals surface area contributed by atoms with Gasteiger partial charge >= 0.3 is 0 Å². The molecule has 0 aromatic heterocycles. The molecule has 0 bridgehead atoms. The molecule has 2 aromatic carbocycles. The Morgan fingerprint density at radius 1 is 0.929 bits per heavy atom. The maximum atomic E-state index is 13.3. The Morgan fingerprint density at radius 3 is 2.14 bits per heavy atom. The Bertz CT molecular complexity index is 1180. The van der Waals surface area contributed by atoms with Crippen LogP contribution in [-0.4, -0.2) is 30.3 Å². The van der Waals surface area contributed by atoms with Gasteiger partial charge in [0.15, 0.2) is 0 Å². The van der Waals surface area contributed by atoms with Crippen LogP contribution >= 0.6 is 0 Å². The van der Waals surface area contributed by atoms with Gasteiger partial charge in [0.05, 0.1) is 28.5 Å². The minimum Gasteiger partial charge on any atom is -0.290 e. The van der Waals surface area contributed by atoms with Crippen LogP contribution in [0.4, 0.5) is 0 Å². The number of hydrogen-bond donors (Lipinski definition) is 0. The lowest BCUT2D eigenvalue weighted by molar-refractivity contribution is -0.136. The van der Waals surface area contributed by atoms with Gasteiger partial charge in [-0.15, -0.1) is 0 Å². The van der Waals surface area contributed by atoms with Gasteiger partial charge in [0.1, 0.15) is 0 Å². The quantitative estimate of drug-likeness (QED) is 0.750. The van der Waals surface area contributed by atoms with Crippen molar-refractivity contribution in [1.29, 1.82) is 5.26 Å². The number of carbonyl (C=O) groups excluding carboxylic acids is 2. The maximum Gasteiger partial charge on any atom is 0.264 e. The first-order valence-corrected chi connectivity index (χ1v) is 9.95. The van der Waals surface area contributed by atoms with E-state index in [9.17, 15) is 23.3 Å². The van der Waals surface area contributed by atoms with E-state index in [0.717, 1.165) is 10.4 Å². The molecular formula is C21H14N2O4S. The summed E-state index contributed by atoms with van der Waals surface area (Å²) in [4.78, 5) is 24.9. The normalized spacial score (nSPS) is 21.6. The van der Waals surface area contributed by atoms with Crippen LogP contribution in [0.2, 0.25) is 0 Å². The molecular weight excluding hydrogens is 376 g/mol. The van der Waals surface area contributed by atoms with Gasteiger partial charge < -0.3 is 0 Å². The number of hydrogen-bond acceptors (Lipinski definition) is 5. The van der Waals surface area contributed by atoms with Crippen molar-refractivity contribution in [3.05, 3.63) is 84.1 Å². The second-order valence-electron chi connectivity index (χ2n) is 6.46. The van der Waals surface area contributed by atoms with Crippen LogP contribution in [0.3, 0.4) is 0 Å². The fourth-order valence-electron chi connectivity index (χ4n) is 3.58. The van der Waals surface area contributed by atoms with Gasteiger partial charge in [0, 0.05) is 12.3 Å². The van der Waals surface area contributed by atoms with E-state index in [2.05, 4.69) is 0 Å². The summed E-state index contributed by atoms with van der Waals surface area (Å²) in [5, 5.41) is 9.53. The number of sulfonamides is 1. The van der Waals surface area contributed by atoms with Crippen LogP contribution in [0.1, 0.15) is 5.56 Å². The first kappa shape index (κ1) is 17.9. The van der Waals surface area contributed by atoms with Crippen molar-refractivity contribution in [1.82, 2.24) is 4.31 Å². The maximum absolute atomic E-state index is 13.3. The van der Waals surface area contributed by atoms with E-state index in [1.54, 1.807) is 48.5 Å². The van der Waals surface area contributed by atoms with Crippen molar-refractivity contribution in [2.45, 2.75) is 10.9 Å². The average Bonchev–Trinajstić information content (AvgIpc) is 3.14. The molecule has 28 heavy (non-hydrogen) atoms. The summed E-state index contributed by atoms with van der Waals surface area (Å²) in [5.74, 6) is -2.56. The zero-order chi connectivity index (χ0) is 19.9. The first-order chi connectivity index (χ1) is 13.4. The Kier molecular flexibility index (Phi) is 4.21. The van der Waals surface area contributed by atoms with Crippen LogP contribution in [0.25, 0.3) is 5.57 Å². The fraction of sp³-hybridized carbons (Fsp3) is 0.0952. The highest BCUT2D eigenvalue weighted by molar-refractivity contribution is 7.89. The van der Waals surface area contributed by atoms with E-state index in [4.69, 9.17) is 0 Å². The van der Waals surface area contributed by atoms with Crippen molar-refractivity contribution >= 4 is 27.2 Å². The van der Waals surface area contributed by atoms with Crippen molar-refractivity contribution in [3.63, 3.8) is 0 Å². The van der Waals surface area contributed by atoms with E-state index in [1.807, 2.05) is 6.07 Å². The van der Waals surface area contributed by atoms with Crippen LogP contribution < -0.4 is 0 Å². The Labute approximate surface area is 162 Å². The van der Waals surface area contributed by atoms with Crippen molar-refractivity contribution < 1.29 is 18.0 Å². The minimum atomic E-state index is -4.03. The third-order valence-corrected chi connectivity index (χ3v) is 6.63. The predicted molar refractivity (Wildman–Crippen MR) is 101 cm³/mol. The number of Topliss-reactive ketones (excluding diaryl/α,β-unsaturated/α-hetero) is 1. The summed E-state index contributed by atoms with van der Waals surface area (Å²) in [6, 6.07) is 17.4. The monoisotopic (exact) mass is 390 g/mol. The van der Waals surface area contributed by atoms with Gasteiger partial charge in [-0.05, 0) is 23.3 Å². The van der Waals surface area contributed by atoms with Crippen molar-refractivity contribution in [2.75, 3.05) is 0 Å². The summed E-state index contributed by atoms with van der Waals surface area (Å²) in [6.07, 6.45) is 2.31. The molecule has 0 radical (unpaired) electrons. The summed E-state index contributed by atoms with van der Waals surface area (Å²) < 4.78 is 27.6. The van der Waals surface area contributed by atoms with Crippen LogP contribution in [0.5, 0.6) is 0 Å². The second-order valence-corrected chi connectivity index (χ2v) is 8.30. The van der Waals surface area contributed by atoms with E-state index in [0.29, 0.717) is 11.1 Å². The minimum absolute atomic E-state index is 0.0425. The molecule has 138 valence electrons. The molecule has 1 aliphatic heterocycles. The molecule has 2 atom stereocenters. The largest absolute Gasteiger partial charge is 0.290 e. The number of benzene rings is 2. The molecule has 0 fully saturated rings. The van der Waals surface area contributed by atoms with Gasteiger partial charge in [-0.3, -0.25) is 13.9 Å². The molecule has 0 amide bonds. The lowest BCUT2D eigenvalue weighted by atomic mass is 9.78. The summed E-state index contributed by atoms with van der Waals surface area (Å²) in [7, 11) is -4.03. The molecule has 0 N–H and O–H groups in total.